The summed E-state index contributed by atoms with van der Waals surface area (Å²) in [5, 5.41) is 9.92. The largest absolute Gasteiger partial charge is 0.491 e. The second kappa shape index (κ2) is 6.62. The quantitative estimate of drug-likeness (QED) is 0.548. The summed E-state index contributed by atoms with van der Waals surface area (Å²) in [5.41, 5.74) is 0.281. The van der Waals surface area contributed by atoms with E-state index in [0.29, 0.717) is 10.9 Å². The summed E-state index contributed by atoms with van der Waals surface area (Å²) in [5.74, 6) is -1.76. The van der Waals surface area contributed by atoms with Crippen molar-refractivity contribution in [1.82, 2.24) is 14.5 Å². The number of aromatic amines is 1. The van der Waals surface area contributed by atoms with Gasteiger partial charge in [-0.1, -0.05) is 0 Å². The van der Waals surface area contributed by atoms with Crippen LogP contribution in [0.1, 0.15) is 16.1 Å². The Labute approximate surface area is 163 Å². The summed E-state index contributed by atoms with van der Waals surface area (Å²) in [6.07, 6.45) is 1.07. The van der Waals surface area contributed by atoms with Crippen LogP contribution in [0.15, 0.2) is 35.3 Å². The van der Waals surface area contributed by atoms with Gasteiger partial charge in [0.1, 0.15) is 5.56 Å². The van der Waals surface area contributed by atoms with Crippen LogP contribution in [0.3, 0.4) is 0 Å². The number of hydrogen-bond donors (Lipinski definition) is 2. The van der Waals surface area contributed by atoms with Crippen LogP contribution in [0.5, 0.6) is 11.6 Å². The Kier molecular flexibility index (Phi) is 4.22. The lowest BCUT2D eigenvalue weighted by molar-refractivity contribution is 0.0698. The van der Waals surface area contributed by atoms with Crippen LogP contribution in [0.2, 0.25) is 0 Å². The van der Waals surface area contributed by atoms with E-state index in [4.69, 9.17) is 9.47 Å². The molecule has 0 fully saturated rings. The molecular formula is C20H16FN3O5. The molecule has 0 atom stereocenters. The van der Waals surface area contributed by atoms with Crippen LogP contribution in [0, 0.1) is 12.7 Å². The number of aromatic nitrogens is 3. The molecule has 148 valence electrons. The molecule has 4 aromatic rings. The summed E-state index contributed by atoms with van der Waals surface area (Å²) in [7, 11) is 2.72. The van der Waals surface area contributed by atoms with E-state index in [1.165, 1.54) is 26.4 Å². The average molecular weight is 397 g/mol. The highest BCUT2D eigenvalue weighted by Crippen LogP contribution is 2.30. The van der Waals surface area contributed by atoms with E-state index in [-0.39, 0.29) is 33.8 Å². The molecule has 0 saturated carbocycles. The zero-order chi connectivity index (χ0) is 20.9. The highest BCUT2D eigenvalue weighted by atomic mass is 19.1. The Morgan fingerprint density at radius 1 is 1.21 bits per heavy atom. The predicted octanol–water partition coefficient (Wildman–Crippen LogP) is 3.03. The first kappa shape index (κ1) is 18.5. The molecule has 3 aromatic heterocycles. The minimum absolute atomic E-state index is 0.0349. The number of benzene rings is 1. The van der Waals surface area contributed by atoms with Gasteiger partial charge in [0.15, 0.2) is 11.6 Å². The normalized spacial score (nSPS) is 11.2. The van der Waals surface area contributed by atoms with E-state index in [1.54, 1.807) is 19.1 Å². The maximum Gasteiger partial charge on any atom is 0.339 e. The third-order valence-corrected chi connectivity index (χ3v) is 4.67. The standard InChI is InChI=1S/C20H16FN3O5/c1-9-6-10-13(22-9)4-5-14(16(10)21)24-8-12(20(26)27)17-11(19(24)25)7-15(28-2)18(23-17)29-3/h4-8,22H,1-3H3,(H,26,27). The van der Waals surface area contributed by atoms with Gasteiger partial charge < -0.3 is 19.6 Å². The Hall–Kier alpha value is -3.88. The molecule has 0 saturated heterocycles. The Balaban J connectivity index is 2.11. The van der Waals surface area contributed by atoms with E-state index in [2.05, 4.69) is 9.97 Å². The predicted molar refractivity (Wildman–Crippen MR) is 104 cm³/mol. The molecule has 0 amide bonds. The third-order valence-electron chi connectivity index (χ3n) is 4.67. The average Bonchev–Trinajstić information content (AvgIpc) is 3.09. The fourth-order valence-electron chi connectivity index (χ4n) is 3.34. The lowest BCUT2D eigenvalue weighted by Gasteiger charge is -2.13. The summed E-state index contributed by atoms with van der Waals surface area (Å²) in [4.78, 5) is 32.1. The van der Waals surface area contributed by atoms with Crippen LogP contribution in [-0.4, -0.2) is 39.8 Å². The molecule has 0 unspecified atom stereocenters. The number of fused-ring (bicyclic) bond motifs is 2. The van der Waals surface area contributed by atoms with E-state index < -0.39 is 17.3 Å². The van der Waals surface area contributed by atoms with Gasteiger partial charge in [-0.05, 0) is 25.1 Å². The number of rotatable bonds is 4. The maximum absolute atomic E-state index is 15.2. The third kappa shape index (κ3) is 2.78. The van der Waals surface area contributed by atoms with Crippen molar-refractivity contribution in [2.45, 2.75) is 6.92 Å². The maximum atomic E-state index is 15.2. The molecule has 3 heterocycles. The molecule has 0 aliphatic carbocycles. The number of aromatic carboxylic acids is 1. The highest BCUT2D eigenvalue weighted by molar-refractivity contribution is 6.02. The van der Waals surface area contributed by atoms with Crippen molar-refractivity contribution in [3.05, 3.63) is 57.9 Å². The van der Waals surface area contributed by atoms with Crippen LogP contribution >= 0.6 is 0 Å². The number of H-pyrrole nitrogens is 1. The van der Waals surface area contributed by atoms with Crippen molar-refractivity contribution in [2.24, 2.45) is 0 Å². The lowest BCUT2D eigenvalue weighted by Crippen LogP contribution is -2.22. The number of nitrogens with one attached hydrogen (secondary N) is 1. The number of aryl methyl sites for hydroxylation is 1. The highest BCUT2D eigenvalue weighted by Gasteiger charge is 2.21. The number of carboxylic acids is 1. The number of halogens is 1. The van der Waals surface area contributed by atoms with Gasteiger partial charge in [0.2, 0.25) is 0 Å². The van der Waals surface area contributed by atoms with Gasteiger partial charge in [-0.2, -0.15) is 0 Å². The van der Waals surface area contributed by atoms with Gasteiger partial charge in [-0.3, -0.25) is 9.36 Å². The monoisotopic (exact) mass is 397 g/mol. The van der Waals surface area contributed by atoms with Crippen molar-refractivity contribution in [3.63, 3.8) is 0 Å². The molecule has 8 nitrogen and oxygen atoms in total. The van der Waals surface area contributed by atoms with Gasteiger partial charge in [-0.15, -0.1) is 0 Å². The lowest BCUT2D eigenvalue weighted by atomic mass is 10.1. The molecule has 0 spiro atoms. The molecule has 0 aliphatic rings. The van der Waals surface area contributed by atoms with E-state index in [0.717, 1.165) is 16.5 Å². The van der Waals surface area contributed by atoms with Crippen molar-refractivity contribution in [3.8, 4) is 17.3 Å². The minimum Gasteiger partial charge on any atom is -0.491 e. The van der Waals surface area contributed by atoms with Crippen molar-refractivity contribution >= 4 is 27.8 Å². The van der Waals surface area contributed by atoms with Crippen molar-refractivity contribution in [2.75, 3.05) is 14.2 Å². The first-order chi connectivity index (χ1) is 13.8. The van der Waals surface area contributed by atoms with Crippen LogP contribution in [0.4, 0.5) is 4.39 Å². The van der Waals surface area contributed by atoms with Gasteiger partial charge >= 0.3 is 5.97 Å². The van der Waals surface area contributed by atoms with E-state index in [1.807, 2.05) is 0 Å². The molecule has 1 aromatic carbocycles. The van der Waals surface area contributed by atoms with E-state index in [9.17, 15) is 14.7 Å². The Bertz CT molecular complexity index is 1360. The minimum atomic E-state index is -1.32. The summed E-state index contributed by atoms with van der Waals surface area (Å²) in [6, 6.07) is 6.00. The zero-order valence-corrected chi connectivity index (χ0v) is 15.7. The molecule has 9 heteroatoms. The van der Waals surface area contributed by atoms with Gasteiger partial charge in [0, 0.05) is 28.9 Å². The number of carboxylic acid groups (broad SMARTS) is 1. The number of nitrogens with zero attached hydrogens (tertiary/aromatic N) is 2. The molecular weight excluding hydrogens is 381 g/mol. The van der Waals surface area contributed by atoms with Crippen LogP contribution in [0.25, 0.3) is 27.5 Å². The molecule has 0 aliphatic heterocycles. The molecule has 0 radical (unpaired) electrons. The second-order valence-electron chi connectivity index (χ2n) is 6.43. The molecule has 29 heavy (non-hydrogen) atoms. The second-order valence-corrected chi connectivity index (χ2v) is 6.43. The molecule has 0 bridgehead atoms. The van der Waals surface area contributed by atoms with Gasteiger partial charge in [-0.25, -0.2) is 14.2 Å². The zero-order valence-electron chi connectivity index (χ0n) is 15.7. The summed E-state index contributed by atoms with van der Waals surface area (Å²) < 4.78 is 26.4. The van der Waals surface area contributed by atoms with Crippen LogP contribution < -0.4 is 15.0 Å². The Morgan fingerprint density at radius 3 is 2.62 bits per heavy atom. The number of methoxy groups -OCH3 is 2. The summed E-state index contributed by atoms with van der Waals surface area (Å²) in [6.45, 7) is 1.79. The Morgan fingerprint density at radius 2 is 1.97 bits per heavy atom. The number of pyridine rings is 2. The first-order valence-electron chi connectivity index (χ1n) is 8.55. The van der Waals surface area contributed by atoms with Crippen molar-refractivity contribution < 1.29 is 23.8 Å². The van der Waals surface area contributed by atoms with Crippen LogP contribution in [-0.2, 0) is 0 Å². The fraction of sp³-hybridized carbons (Fsp3) is 0.150. The number of carbonyl (C=O) groups is 1. The van der Waals surface area contributed by atoms with E-state index >= 15 is 4.39 Å². The number of ether oxygens (including phenoxy) is 2. The van der Waals surface area contributed by atoms with Crippen molar-refractivity contribution in [1.29, 1.82) is 0 Å². The first-order valence-corrected chi connectivity index (χ1v) is 8.55. The summed E-state index contributed by atoms with van der Waals surface area (Å²) >= 11 is 0. The molecule has 4 rings (SSSR count). The SMILES string of the molecule is COc1cc2c(=O)n(-c3ccc4[nH]c(C)cc4c3F)cc(C(=O)O)c2nc1OC. The topological polar surface area (TPSA) is 106 Å². The van der Waals surface area contributed by atoms with Gasteiger partial charge in [0.25, 0.3) is 11.4 Å². The molecule has 2 N–H and O–H groups in total. The fourth-order valence-corrected chi connectivity index (χ4v) is 3.34. The van der Waals surface area contributed by atoms with Gasteiger partial charge in [0.05, 0.1) is 30.8 Å². The number of hydrogen-bond acceptors (Lipinski definition) is 5. The smallest absolute Gasteiger partial charge is 0.339 e.